The van der Waals surface area contributed by atoms with Gasteiger partial charge in [0.15, 0.2) is 0 Å². The summed E-state index contributed by atoms with van der Waals surface area (Å²) in [5, 5.41) is 3.84. The van der Waals surface area contributed by atoms with Gasteiger partial charge in [0.2, 0.25) is 0 Å². The molecule has 1 heteroatoms. The van der Waals surface area contributed by atoms with E-state index in [1.807, 2.05) is 0 Å². The highest BCUT2D eigenvalue weighted by Gasteiger charge is 2.33. The van der Waals surface area contributed by atoms with Crippen molar-refractivity contribution in [3.8, 4) is 0 Å². The standard InChI is InChI=1S/C20H37N/c1-8-10-16(5)18(7)21-20(13-14(3)9-2)19-12-11-15(4)17(19)6/h15-19,21H,8-12H2,1-7H3/t13?,15-,16?,17?,18?,19?/m0/s1. The quantitative estimate of drug-likeness (QED) is 0.574. The van der Waals surface area contributed by atoms with Crippen LogP contribution in [0.5, 0.6) is 0 Å². The van der Waals surface area contributed by atoms with E-state index in [4.69, 9.17) is 0 Å². The Morgan fingerprint density at radius 1 is 1.19 bits per heavy atom. The van der Waals surface area contributed by atoms with Crippen molar-refractivity contribution in [2.75, 3.05) is 0 Å². The number of hydrogen-bond acceptors (Lipinski definition) is 1. The van der Waals surface area contributed by atoms with Gasteiger partial charge in [0.05, 0.1) is 5.70 Å². The Bertz CT molecular complexity index is 375. The molecule has 0 radical (unpaired) electrons. The van der Waals surface area contributed by atoms with E-state index in [-0.39, 0.29) is 0 Å². The first-order valence-corrected chi connectivity index (χ1v) is 9.13. The summed E-state index contributed by atoms with van der Waals surface area (Å²) in [7, 11) is 0. The van der Waals surface area contributed by atoms with Gasteiger partial charge >= 0.3 is 0 Å². The number of hydrogen-bond donors (Lipinski definition) is 1. The molecule has 1 aliphatic carbocycles. The molecule has 0 aromatic carbocycles. The second-order valence-electron chi connectivity index (χ2n) is 7.39. The summed E-state index contributed by atoms with van der Waals surface area (Å²) in [5.41, 5.74) is 6.47. The summed E-state index contributed by atoms with van der Waals surface area (Å²) in [6.45, 7) is 16.3. The van der Waals surface area contributed by atoms with Gasteiger partial charge in [-0.25, -0.2) is 0 Å². The molecule has 4 unspecified atom stereocenters. The van der Waals surface area contributed by atoms with Gasteiger partial charge in [-0.15, -0.1) is 5.73 Å². The third kappa shape index (κ3) is 5.22. The molecule has 0 amide bonds. The minimum Gasteiger partial charge on any atom is -0.379 e. The van der Waals surface area contributed by atoms with Crippen LogP contribution in [-0.2, 0) is 0 Å². The zero-order valence-electron chi connectivity index (χ0n) is 15.4. The van der Waals surface area contributed by atoms with Crippen molar-refractivity contribution in [1.82, 2.24) is 5.32 Å². The van der Waals surface area contributed by atoms with Crippen LogP contribution < -0.4 is 5.32 Å². The van der Waals surface area contributed by atoms with Crippen molar-refractivity contribution < 1.29 is 0 Å². The lowest BCUT2D eigenvalue weighted by Gasteiger charge is -2.28. The van der Waals surface area contributed by atoms with Crippen molar-refractivity contribution in [1.29, 1.82) is 0 Å². The Morgan fingerprint density at radius 2 is 1.86 bits per heavy atom. The summed E-state index contributed by atoms with van der Waals surface area (Å²) < 4.78 is 0. The lowest BCUT2D eigenvalue weighted by atomic mass is 9.88. The Morgan fingerprint density at radius 3 is 2.33 bits per heavy atom. The normalized spacial score (nSPS) is 27.9. The second kappa shape index (κ2) is 8.69. The molecule has 0 aromatic heterocycles. The molecular formula is C20H37N. The first-order chi connectivity index (χ1) is 9.90. The van der Waals surface area contributed by atoms with Crippen LogP contribution >= 0.6 is 0 Å². The zero-order valence-corrected chi connectivity index (χ0v) is 15.4. The van der Waals surface area contributed by atoms with Crippen molar-refractivity contribution in [3.63, 3.8) is 0 Å². The molecule has 1 aliphatic rings. The number of nitrogens with one attached hydrogen (secondary N) is 1. The summed E-state index contributed by atoms with van der Waals surface area (Å²) in [5.74, 6) is 3.03. The fraction of sp³-hybridized carbons (Fsp3) is 0.850. The van der Waals surface area contributed by atoms with E-state index in [9.17, 15) is 0 Å². The highest BCUT2D eigenvalue weighted by Crippen LogP contribution is 2.40. The molecule has 1 rings (SSSR count). The lowest BCUT2D eigenvalue weighted by molar-refractivity contribution is 0.344. The maximum atomic E-state index is 3.84. The van der Waals surface area contributed by atoms with Gasteiger partial charge in [0.1, 0.15) is 0 Å². The van der Waals surface area contributed by atoms with E-state index in [1.165, 1.54) is 37.0 Å². The van der Waals surface area contributed by atoms with Crippen LogP contribution in [0.15, 0.2) is 17.0 Å². The number of rotatable bonds is 7. The van der Waals surface area contributed by atoms with Gasteiger partial charge in [-0.05, 0) is 62.9 Å². The number of allylic oxidation sites excluding steroid dienone is 1. The average Bonchev–Trinajstić information content (AvgIpc) is 2.78. The molecule has 1 fully saturated rings. The van der Waals surface area contributed by atoms with Gasteiger partial charge in [0, 0.05) is 12.0 Å². The Labute approximate surface area is 133 Å². The largest absolute Gasteiger partial charge is 0.379 e. The molecule has 0 aromatic rings. The van der Waals surface area contributed by atoms with Crippen molar-refractivity contribution >= 4 is 0 Å². The molecule has 0 bridgehead atoms. The maximum absolute atomic E-state index is 3.84. The smallest absolute Gasteiger partial charge is 0.0573 e. The lowest BCUT2D eigenvalue weighted by Crippen LogP contribution is -2.34. The van der Waals surface area contributed by atoms with Gasteiger partial charge in [-0.2, -0.15) is 0 Å². The van der Waals surface area contributed by atoms with Crippen molar-refractivity contribution in [2.24, 2.45) is 23.7 Å². The van der Waals surface area contributed by atoms with Crippen LogP contribution in [0.2, 0.25) is 0 Å². The third-order valence-corrected chi connectivity index (χ3v) is 5.70. The molecule has 0 aliphatic heterocycles. The van der Waals surface area contributed by atoms with Crippen LogP contribution in [0.1, 0.15) is 80.6 Å². The molecule has 1 saturated carbocycles. The predicted octanol–water partition coefficient (Wildman–Crippen LogP) is 5.92. The third-order valence-electron chi connectivity index (χ3n) is 5.70. The molecule has 0 spiro atoms. The van der Waals surface area contributed by atoms with Gasteiger partial charge in [0.25, 0.3) is 0 Å². The van der Waals surface area contributed by atoms with E-state index in [0.29, 0.717) is 12.0 Å². The minimum absolute atomic E-state index is 0.542. The van der Waals surface area contributed by atoms with Crippen LogP contribution in [-0.4, -0.2) is 6.04 Å². The van der Waals surface area contributed by atoms with E-state index in [0.717, 1.165) is 24.2 Å². The molecule has 1 N–H and O–H groups in total. The van der Waals surface area contributed by atoms with Gasteiger partial charge in [-0.1, -0.05) is 41.0 Å². The van der Waals surface area contributed by atoms with Crippen LogP contribution in [0.25, 0.3) is 0 Å². The van der Waals surface area contributed by atoms with Crippen molar-refractivity contribution in [3.05, 3.63) is 17.0 Å². The van der Waals surface area contributed by atoms with Crippen molar-refractivity contribution in [2.45, 2.75) is 86.6 Å². The van der Waals surface area contributed by atoms with Crippen LogP contribution in [0, 0.1) is 23.7 Å². The Balaban J connectivity index is 2.92. The van der Waals surface area contributed by atoms with E-state index in [1.54, 1.807) is 0 Å². The first kappa shape index (κ1) is 18.4. The highest BCUT2D eigenvalue weighted by molar-refractivity contribution is 5.13. The van der Waals surface area contributed by atoms with Gasteiger partial charge < -0.3 is 5.32 Å². The molecule has 5 atom stereocenters. The monoisotopic (exact) mass is 291 g/mol. The van der Waals surface area contributed by atoms with Gasteiger partial charge in [-0.3, -0.25) is 0 Å². The van der Waals surface area contributed by atoms with Crippen LogP contribution in [0.4, 0.5) is 0 Å². The first-order valence-electron chi connectivity index (χ1n) is 9.13. The van der Waals surface area contributed by atoms with E-state index < -0.39 is 0 Å². The molecule has 1 nitrogen and oxygen atoms in total. The average molecular weight is 292 g/mol. The molecule has 0 heterocycles. The zero-order chi connectivity index (χ0) is 16.0. The summed E-state index contributed by atoms with van der Waals surface area (Å²) in [6.07, 6.45) is 6.36. The summed E-state index contributed by atoms with van der Waals surface area (Å²) in [4.78, 5) is 0. The molecule has 21 heavy (non-hydrogen) atoms. The Hall–Kier alpha value is -0.680. The topological polar surface area (TPSA) is 12.0 Å². The molecular weight excluding hydrogens is 254 g/mol. The van der Waals surface area contributed by atoms with Crippen LogP contribution in [0.3, 0.4) is 0 Å². The SMILES string of the molecule is CCCC(C)C(C)NC(=C=C(C)CC)C1CC[C@H](C)C1C. The fourth-order valence-electron chi connectivity index (χ4n) is 3.42. The predicted molar refractivity (Wildman–Crippen MR) is 94.2 cm³/mol. The minimum atomic E-state index is 0.542. The molecule has 0 saturated heterocycles. The summed E-state index contributed by atoms with van der Waals surface area (Å²) in [6, 6.07) is 0.542. The fourth-order valence-corrected chi connectivity index (χ4v) is 3.42. The second-order valence-corrected chi connectivity index (χ2v) is 7.39. The summed E-state index contributed by atoms with van der Waals surface area (Å²) >= 11 is 0. The highest BCUT2D eigenvalue weighted by atomic mass is 14.9. The van der Waals surface area contributed by atoms with E-state index >= 15 is 0 Å². The Kier molecular flexibility index (Phi) is 7.60. The molecule has 122 valence electrons. The van der Waals surface area contributed by atoms with E-state index in [2.05, 4.69) is 59.5 Å². The maximum Gasteiger partial charge on any atom is 0.0573 e.